The van der Waals surface area contributed by atoms with Crippen molar-refractivity contribution < 1.29 is 10.0 Å². The van der Waals surface area contributed by atoms with Gasteiger partial charge in [0.1, 0.15) is 0 Å². The molecular weight excluding hydrogens is 232 g/mol. The summed E-state index contributed by atoms with van der Waals surface area (Å²) in [4.78, 5) is 12.6. The number of aryl methyl sites for hydroxylation is 1. The predicted octanol–water partition coefficient (Wildman–Crippen LogP) is 2.25. The SMILES string of the molecule is Cc1ccc([N+](=O)[O-])cc1N1CCCCC1CO. The molecule has 1 aromatic carbocycles. The zero-order valence-corrected chi connectivity index (χ0v) is 10.5. The summed E-state index contributed by atoms with van der Waals surface area (Å²) in [6, 6.07) is 5.00. The van der Waals surface area contributed by atoms with Crippen LogP contribution in [0.15, 0.2) is 18.2 Å². The van der Waals surface area contributed by atoms with E-state index in [9.17, 15) is 15.2 Å². The molecular formula is C13H18N2O3. The average Bonchev–Trinajstić information content (AvgIpc) is 2.39. The topological polar surface area (TPSA) is 66.6 Å². The summed E-state index contributed by atoms with van der Waals surface area (Å²) in [6.45, 7) is 2.90. The molecule has 1 aromatic rings. The van der Waals surface area contributed by atoms with E-state index in [1.807, 2.05) is 6.92 Å². The number of hydrogen-bond donors (Lipinski definition) is 1. The molecule has 0 spiro atoms. The van der Waals surface area contributed by atoms with E-state index in [0.29, 0.717) is 0 Å². The summed E-state index contributed by atoms with van der Waals surface area (Å²) in [7, 11) is 0. The molecule has 1 fully saturated rings. The van der Waals surface area contributed by atoms with Gasteiger partial charge in [-0.15, -0.1) is 0 Å². The lowest BCUT2D eigenvalue weighted by Crippen LogP contribution is -2.42. The van der Waals surface area contributed by atoms with Crippen molar-refractivity contribution in [2.45, 2.75) is 32.2 Å². The molecule has 1 aliphatic rings. The summed E-state index contributed by atoms with van der Waals surface area (Å²) in [5, 5.41) is 20.3. The van der Waals surface area contributed by atoms with E-state index >= 15 is 0 Å². The predicted molar refractivity (Wildman–Crippen MR) is 69.9 cm³/mol. The van der Waals surface area contributed by atoms with Crippen LogP contribution in [0.4, 0.5) is 11.4 Å². The van der Waals surface area contributed by atoms with Gasteiger partial charge in [-0.1, -0.05) is 6.07 Å². The van der Waals surface area contributed by atoms with Crippen LogP contribution in [-0.2, 0) is 0 Å². The first kappa shape index (κ1) is 12.8. The molecule has 1 N–H and O–H groups in total. The van der Waals surface area contributed by atoms with Crippen molar-refractivity contribution >= 4 is 11.4 Å². The van der Waals surface area contributed by atoms with E-state index in [1.165, 1.54) is 6.07 Å². The molecule has 0 saturated carbocycles. The van der Waals surface area contributed by atoms with E-state index in [1.54, 1.807) is 12.1 Å². The Morgan fingerprint density at radius 2 is 2.28 bits per heavy atom. The highest BCUT2D eigenvalue weighted by Crippen LogP contribution is 2.30. The van der Waals surface area contributed by atoms with E-state index in [0.717, 1.165) is 37.1 Å². The maximum Gasteiger partial charge on any atom is 0.271 e. The smallest absolute Gasteiger partial charge is 0.271 e. The Balaban J connectivity index is 2.35. The van der Waals surface area contributed by atoms with Crippen LogP contribution in [0, 0.1) is 17.0 Å². The van der Waals surface area contributed by atoms with E-state index in [-0.39, 0.29) is 23.3 Å². The number of nitrogens with zero attached hydrogens (tertiary/aromatic N) is 2. The number of piperidine rings is 1. The summed E-state index contributed by atoms with van der Waals surface area (Å²) >= 11 is 0. The Labute approximate surface area is 106 Å². The lowest BCUT2D eigenvalue weighted by molar-refractivity contribution is -0.384. The molecule has 5 nitrogen and oxygen atoms in total. The van der Waals surface area contributed by atoms with Crippen molar-refractivity contribution in [3.05, 3.63) is 33.9 Å². The molecule has 0 aliphatic carbocycles. The minimum absolute atomic E-state index is 0.0828. The number of nitro benzene ring substituents is 1. The summed E-state index contributed by atoms with van der Waals surface area (Å²) < 4.78 is 0. The zero-order valence-electron chi connectivity index (χ0n) is 10.5. The monoisotopic (exact) mass is 250 g/mol. The summed E-state index contributed by atoms with van der Waals surface area (Å²) in [5.41, 5.74) is 2.00. The van der Waals surface area contributed by atoms with Crippen LogP contribution in [0.25, 0.3) is 0 Å². The Hall–Kier alpha value is -1.62. The van der Waals surface area contributed by atoms with Crippen molar-refractivity contribution in [1.82, 2.24) is 0 Å². The fraction of sp³-hybridized carbons (Fsp3) is 0.538. The molecule has 1 aliphatic heterocycles. The van der Waals surface area contributed by atoms with Crippen LogP contribution in [0.1, 0.15) is 24.8 Å². The number of anilines is 1. The van der Waals surface area contributed by atoms with Gasteiger partial charge in [0.25, 0.3) is 5.69 Å². The molecule has 1 heterocycles. The Kier molecular flexibility index (Phi) is 3.81. The molecule has 0 amide bonds. The maximum absolute atomic E-state index is 10.8. The van der Waals surface area contributed by atoms with Gasteiger partial charge in [-0.05, 0) is 31.7 Å². The summed E-state index contributed by atoms with van der Waals surface area (Å²) in [5.74, 6) is 0. The number of hydrogen-bond acceptors (Lipinski definition) is 4. The second kappa shape index (κ2) is 5.35. The fourth-order valence-corrected chi connectivity index (χ4v) is 2.53. The first-order valence-corrected chi connectivity index (χ1v) is 6.26. The molecule has 0 aromatic heterocycles. The second-order valence-electron chi connectivity index (χ2n) is 4.75. The third-order valence-corrected chi connectivity index (χ3v) is 3.55. The van der Waals surface area contributed by atoms with Gasteiger partial charge in [0.15, 0.2) is 0 Å². The van der Waals surface area contributed by atoms with Crippen molar-refractivity contribution in [3.63, 3.8) is 0 Å². The van der Waals surface area contributed by atoms with Crippen molar-refractivity contribution in [2.24, 2.45) is 0 Å². The normalized spacial score (nSPS) is 19.9. The van der Waals surface area contributed by atoms with Crippen molar-refractivity contribution in [3.8, 4) is 0 Å². The number of benzene rings is 1. The summed E-state index contributed by atoms with van der Waals surface area (Å²) in [6.07, 6.45) is 3.12. The maximum atomic E-state index is 10.8. The third kappa shape index (κ3) is 2.46. The number of nitro groups is 1. The molecule has 1 atom stereocenters. The third-order valence-electron chi connectivity index (χ3n) is 3.55. The number of non-ortho nitro benzene ring substituents is 1. The van der Waals surface area contributed by atoms with Crippen LogP contribution in [0.5, 0.6) is 0 Å². The first-order chi connectivity index (χ1) is 8.63. The lowest BCUT2D eigenvalue weighted by Gasteiger charge is -2.37. The second-order valence-corrected chi connectivity index (χ2v) is 4.75. The molecule has 2 rings (SSSR count). The van der Waals surface area contributed by atoms with Gasteiger partial charge < -0.3 is 10.0 Å². The molecule has 5 heteroatoms. The van der Waals surface area contributed by atoms with Gasteiger partial charge in [-0.3, -0.25) is 10.1 Å². The Bertz CT molecular complexity index is 448. The van der Waals surface area contributed by atoms with E-state index in [4.69, 9.17) is 0 Å². The van der Waals surface area contributed by atoms with E-state index in [2.05, 4.69) is 4.90 Å². The van der Waals surface area contributed by atoms with Gasteiger partial charge in [0.2, 0.25) is 0 Å². The van der Waals surface area contributed by atoms with Gasteiger partial charge in [-0.2, -0.15) is 0 Å². The van der Waals surface area contributed by atoms with Crippen molar-refractivity contribution in [2.75, 3.05) is 18.1 Å². The lowest BCUT2D eigenvalue weighted by atomic mass is 10.0. The first-order valence-electron chi connectivity index (χ1n) is 6.26. The number of rotatable bonds is 3. The zero-order chi connectivity index (χ0) is 13.1. The molecule has 1 unspecified atom stereocenters. The van der Waals surface area contributed by atoms with Gasteiger partial charge in [-0.25, -0.2) is 0 Å². The minimum Gasteiger partial charge on any atom is -0.394 e. The van der Waals surface area contributed by atoms with Gasteiger partial charge in [0, 0.05) is 24.4 Å². The van der Waals surface area contributed by atoms with Crippen LogP contribution in [0.2, 0.25) is 0 Å². The highest BCUT2D eigenvalue weighted by molar-refractivity contribution is 5.59. The molecule has 18 heavy (non-hydrogen) atoms. The largest absolute Gasteiger partial charge is 0.394 e. The van der Waals surface area contributed by atoms with E-state index < -0.39 is 0 Å². The van der Waals surface area contributed by atoms with Gasteiger partial charge >= 0.3 is 0 Å². The molecule has 0 radical (unpaired) electrons. The van der Waals surface area contributed by atoms with Gasteiger partial charge in [0.05, 0.1) is 17.6 Å². The highest BCUT2D eigenvalue weighted by atomic mass is 16.6. The number of aliphatic hydroxyl groups excluding tert-OH is 1. The Morgan fingerprint density at radius 1 is 1.50 bits per heavy atom. The Morgan fingerprint density at radius 3 is 2.94 bits per heavy atom. The van der Waals surface area contributed by atoms with Crippen LogP contribution < -0.4 is 4.90 Å². The van der Waals surface area contributed by atoms with Crippen molar-refractivity contribution in [1.29, 1.82) is 0 Å². The fourth-order valence-electron chi connectivity index (χ4n) is 2.53. The van der Waals surface area contributed by atoms with Crippen LogP contribution in [0.3, 0.4) is 0 Å². The average molecular weight is 250 g/mol. The molecule has 0 bridgehead atoms. The standard InChI is InChI=1S/C13H18N2O3/c1-10-5-6-11(15(17)18)8-13(10)14-7-3-2-4-12(14)9-16/h5-6,8,12,16H,2-4,7,9H2,1H3. The quantitative estimate of drug-likeness (QED) is 0.660. The minimum atomic E-state index is -0.374. The highest BCUT2D eigenvalue weighted by Gasteiger charge is 2.24. The van der Waals surface area contributed by atoms with Crippen LogP contribution >= 0.6 is 0 Å². The van der Waals surface area contributed by atoms with Crippen LogP contribution in [-0.4, -0.2) is 29.2 Å². The molecule has 98 valence electrons. The number of aliphatic hydroxyl groups is 1. The molecule has 1 saturated heterocycles.